The molecule has 76 valence electrons. The maximum atomic E-state index is 5.29. The van der Waals surface area contributed by atoms with Crippen LogP contribution in [-0.2, 0) is 0 Å². The first-order valence-corrected chi connectivity index (χ1v) is 5.52. The van der Waals surface area contributed by atoms with Gasteiger partial charge in [0.05, 0.1) is 0 Å². The Morgan fingerprint density at radius 2 is 1.67 bits per heavy atom. The Balaban J connectivity index is 2.94. The highest BCUT2D eigenvalue weighted by Crippen LogP contribution is 2.25. The number of rotatable bonds is 1. The van der Waals surface area contributed by atoms with Crippen LogP contribution in [0.3, 0.4) is 0 Å². The van der Waals surface area contributed by atoms with Crippen LogP contribution < -0.4 is 0 Å². The van der Waals surface area contributed by atoms with E-state index in [9.17, 15) is 0 Å². The van der Waals surface area contributed by atoms with E-state index in [1.54, 1.807) is 0 Å². The highest BCUT2D eigenvalue weighted by Gasteiger charge is 2.06. The third-order valence-corrected chi connectivity index (χ3v) is 3.17. The van der Waals surface area contributed by atoms with E-state index in [-0.39, 0.29) is 0 Å². The largest absolute Gasteiger partial charge is 0.0846 e. The van der Waals surface area contributed by atoms with Gasteiger partial charge in [0.1, 0.15) is 0 Å². The van der Waals surface area contributed by atoms with Crippen LogP contribution in [0, 0.1) is 13.8 Å². The Kier molecular flexibility index (Phi) is 2.57. The Labute approximate surface area is 95.9 Å². The van der Waals surface area contributed by atoms with Gasteiger partial charge in [0.2, 0.25) is 0 Å². The summed E-state index contributed by atoms with van der Waals surface area (Å²) in [5, 5.41) is 2.59. The Morgan fingerprint density at radius 1 is 1.07 bits per heavy atom. The molecule has 0 heterocycles. The number of aryl methyl sites for hydroxylation is 2. The average molecular weight is 214 g/mol. The summed E-state index contributed by atoms with van der Waals surface area (Å²) in [7, 11) is 0. The lowest BCUT2D eigenvalue weighted by molar-refractivity contribution is 1.37. The van der Waals surface area contributed by atoms with E-state index in [4.69, 9.17) is 12.2 Å². The van der Waals surface area contributed by atoms with Gasteiger partial charge >= 0.3 is 0 Å². The molecule has 15 heavy (non-hydrogen) atoms. The van der Waals surface area contributed by atoms with E-state index in [1.807, 2.05) is 6.92 Å². The summed E-state index contributed by atoms with van der Waals surface area (Å²) in [5.41, 5.74) is 3.86. The van der Waals surface area contributed by atoms with Crippen LogP contribution in [0.2, 0.25) is 0 Å². The molecule has 0 fully saturated rings. The minimum atomic E-state index is 0.967. The molecule has 0 radical (unpaired) electrons. The first-order chi connectivity index (χ1) is 7.11. The smallest absolute Gasteiger partial charge is 0.0199 e. The molecule has 0 aliphatic rings. The summed E-state index contributed by atoms with van der Waals surface area (Å²) in [6.45, 7) is 6.30. The number of hydrogen-bond acceptors (Lipinski definition) is 1. The van der Waals surface area contributed by atoms with Crippen molar-refractivity contribution in [1.82, 2.24) is 0 Å². The van der Waals surface area contributed by atoms with Crippen LogP contribution >= 0.6 is 12.2 Å². The zero-order valence-electron chi connectivity index (χ0n) is 9.29. The van der Waals surface area contributed by atoms with E-state index in [1.165, 1.54) is 27.5 Å². The Bertz CT molecular complexity index is 538. The van der Waals surface area contributed by atoms with E-state index in [2.05, 4.69) is 44.2 Å². The number of thiocarbonyl (C=S) groups is 1. The molecule has 0 aliphatic carbocycles. The van der Waals surface area contributed by atoms with Gasteiger partial charge in [-0.15, -0.1) is 0 Å². The molecule has 0 nitrogen and oxygen atoms in total. The quantitative estimate of drug-likeness (QED) is 0.506. The van der Waals surface area contributed by atoms with E-state index in [0.29, 0.717) is 0 Å². The van der Waals surface area contributed by atoms with Crippen molar-refractivity contribution in [3.05, 3.63) is 47.0 Å². The van der Waals surface area contributed by atoms with Crippen LogP contribution in [0.25, 0.3) is 10.8 Å². The second kappa shape index (κ2) is 3.74. The molecule has 0 N–H and O–H groups in total. The van der Waals surface area contributed by atoms with Gasteiger partial charge in [-0.1, -0.05) is 42.5 Å². The van der Waals surface area contributed by atoms with Crippen molar-refractivity contribution in [2.24, 2.45) is 0 Å². The van der Waals surface area contributed by atoms with Crippen molar-refractivity contribution in [3.8, 4) is 0 Å². The van der Waals surface area contributed by atoms with Crippen molar-refractivity contribution in [2.45, 2.75) is 20.8 Å². The molecule has 2 aromatic rings. The fourth-order valence-corrected chi connectivity index (χ4v) is 2.12. The molecule has 0 aromatic heterocycles. The summed E-state index contributed by atoms with van der Waals surface area (Å²) in [6, 6.07) is 10.7. The molecule has 2 rings (SSSR count). The van der Waals surface area contributed by atoms with E-state index >= 15 is 0 Å². The van der Waals surface area contributed by atoms with Crippen LogP contribution in [0.5, 0.6) is 0 Å². The van der Waals surface area contributed by atoms with Crippen molar-refractivity contribution in [2.75, 3.05) is 0 Å². The molecule has 0 bridgehead atoms. The van der Waals surface area contributed by atoms with Crippen LogP contribution in [-0.4, -0.2) is 4.86 Å². The van der Waals surface area contributed by atoms with Crippen molar-refractivity contribution < 1.29 is 0 Å². The minimum Gasteiger partial charge on any atom is -0.0846 e. The van der Waals surface area contributed by atoms with Crippen molar-refractivity contribution >= 4 is 27.9 Å². The summed E-state index contributed by atoms with van der Waals surface area (Å²) in [6.07, 6.45) is 0. The van der Waals surface area contributed by atoms with Crippen LogP contribution in [0.1, 0.15) is 23.6 Å². The van der Waals surface area contributed by atoms with E-state index < -0.39 is 0 Å². The highest BCUT2D eigenvalue weighted by atomic mass is 32.1. The Morgan fingerprint density at radius 3 is 2.27 bits per heavy atom. The summed E-state index contributed by atoms with van der Waals surface area (Å²) in [5.74, 6) is 0. The van der Waals surface area contributed by atoms with Gasteiger partial charge in [0.25, 0.3) is 0 Å². The minimum absolute atomic E-state index is 0.967. The molecule has 0 amide bonds. The van der Waals surface area contributed by atoms with Gasteiger partial charge in [0, 0.05) is 4.86 Å². The zero-order valence-corrected chi connectivity index (χ0v) is 10.1. The number of hydrogen-bond donors (Lipinski definition) is 0. The lowest BCUT2D eigenvalue weighted by Crippen LogP contribution is -1.95. The first kappa shape index (κ1) is 10.3. The normalized spacial score (nSPS) is 10.6. The molecular weight excluding hydrogens is 200 g/mol. The molecule has 0 atom stereocenters. The zero-order chi connectivity index (χ0) is 11.0. The number of benzene rings is 2. The van der Waals surface area contributed by atoms with E-state index in [0.717, 1.165) is 4.86 Å². The van der Waals surface area contributed by atoms with Crippen LogP contribution in [0.15, 0.2) is 30.3 Å². The fourth-order valence-electron chi connectivity index (χ4n) is 1.95. The fraction of sp³-hybridized carbons (Fsp3) is 0.214. The van der Waals surface area contributed by atoms with Gasteiger partial charge in [-0.2, -0.15) is 0 Å². The van der Waals surface area contributed by atoms with Crippen LogP contribution in [0.4, 0.5) is 0 Å². The molecular formula is C14H14S. The molecule has 1 heteroatoms. The SMILES string of the molecule is CC(=S)c1cc(C)c(C)c2ccccc12. The van der Waals surface area contributed by atoms with Gasteiger partial charge in [-0.05, 0) is 48.2 Å². The summed E-state index contributed by atoms with van der Waals surface area (Å²) < 4.78 is 0. The molecule has 0 aliphatic heterocycles. The van der Waals surface area contributed by atoms with Gasteiger partial charge in [0.15, 0.2) is 0 Å². The third-order valence-electron chi connectivity index (χ3n) is 2.95. The average Bonchev–Trinajstić information content (AvgIpc) is 2.23. The predicted octanol–water partition coefficient (Wildman–Crippen LogP) is 4.19. The first-order valence-electron chi connectivity index (χ1n) is 5.11. The Hall–Kier alpha value is -1.21. The third kappa shape index (κ3) is 1.68. The van der Waals surface area contributed by atoms with Gasteiger partial charge in [-0.3, -0.25) is 0 Å². The topological polar surface area (TPSA) is 0 Å². The lowest BCUT2D eigenvalue weighted by atomic mass is 9.95. The summed E-state index contributed by atoms with van der Waals surface area (Å²) in [4.78, 5) is 0.967. The molecule has 0 spiro atoms. The lowest BCUT2D eigenvalue weighted by Gasteiger charge is -2.10. The number of fused-ring (bicyclic) bond motifs is 1. The predicted molar refractivity (Wildman–Crippen MR) is 70.8 cm³/mol. The molecule has 2 aromatic carbocycles. The maximum absolute atomic E-state index is 5.29. The summed E-state index contributed by atoms with van der Waals surface area (Å²) >= 11 is 5.29. The monoisotopic (exact) mass is 214 g/mol. The second-order valence-electron chi connectivity index (χ2n) is 3.97. The molecule has 0 saturated carbocycles. The van der Waals surface area contributed by atoms with Gasteiger partial charge < -0.3 is 0 Å². The standard InChI is InChI=1S/C14H14S/c1-9-8-14(11(3)15)13-7-5-4-6-12(13)10(9)2/h4-8H,1-3H3. The maximum Gasteiger partial charge on any atom is 0.0199 e. The highest BCUT2D eigenvalue weighted by molar-refractivity contribution is 7.80. The van der Waals surface area contributed by atoms with Gasteiger partial charge in [-0.25, -0.2) is 0 Å². The molecule has 0 unspecified atom stereocenters. The van der Waals surface area contributed by atoms with Crippen molar-refractivity contribution in [3.63, 3.8) is 0 Å². The molecule has 0 saturated heterocycles. The second-order valence-corrected chi connectivity index (χ2v) is 4.58. The van der Waals surface area contributed by atoms with Crippen molar-refractivity contribution in [1.29, 1.82) is 0 Å².